The molecule has 6 nitrogen and oxygen atoms in total. The first kappa shape index (κ1) is 21.9. The van der Waals surface area contributed by atoms with E-state index in [0.717, 1.165) is 46.3 Å². The smallest absolute Gasteiger partial charge is 0.246 e. The summed E-state index contributed by atoms with van der Waals surface area (Å²) in [6.07, 6.45) is 8.95. The van der Waals surface area contributed by atoms with Gasteiger partial charge < -0.3 is 9.80 Å². The Bertz CT molecular complexity index is 1300. The molecule has 34 heavy (non-hydrogen) atoms. The number of benzene rings is 2. The maximum atomic E-state index is 13.0. The molecule has 3 heterocycles. The Labute approximate surface area is 203 Å². The van der Waals surface area contributed by atoms with Crippen molar-refractivity contribution in [1.82, 2.24) is 19.7 Å². The van der Waals surface area contributed by atoms with Crippen LogP contribution in [0.2, 0.25) is 5.02 Å². The molecule has 5 rings (SSSR count). The van der Waals surface area contributed by atoms with Gasteiger partial charge in [0.2, 0.25) is 5.91 Å². The molecule has 0 saturated carbocycles. The van der Waals surface area contributed by atoms with Gasteiger partial charge in [0.05, 0.1) is 5.69 Å². The van der Waals surface area contributed by atoms with Crippen LogP contribution in [0.4, 0.5) is 5.69 Å². The van der Waals surface area contributed by atoms with Gasteiger partial charge in [-0.1, -0.05) is 35.9 Å². The van der Waals surface area contributed by atoms with E-state index in [-0.39, 0.29) is 5.91 Å². The molecule has 0 atom stereocenters. The second kappa shape index (κ2) is 9.93. The first-order valence-electron chi connectivity index (χ1n) is 11.2. The molecular formula is C27H24ClN5O. The fraction of sp³-hybridized carbons (Fsp3) is 0.148. The minimum Gasteiger partial charge on any atom is -0.368 e. The summed E-state index contributed by atoms with van der Waals surface area (Å²) < 4.78 is 1.83. The lowest BCUT2D eigenvalue weighted by molar-refractivity contribution is -0.126. The molecule has 1 aliphatic heterocycles. The minimum absolute atomic E-state index is 0.00431. The van der Waals surface area contributed by atoms with E-state index in [1.807, 2.05) is 88.6 Å². The van der Waals surface area contributed by atoms with Crippen molar-refractivity contribution in [3.05, 3.63) is 102 Å². The van der Waals surface area contributed by atoms with E-state index in [9.17, 15) is 4.79 Å². The first-order chi connectivity index (χ1) is 16.7. The Morgan fingerprint density at radius 3 is 2.44 bits per heavy atom. The van der Waals surface area contributed by atoms with E-state index < -0.39 is 0 Å². The highest BCUT2D eigenvalue weighted by atomic mass is 35.5. The number of hydrogen-bond acceptors (Lipinski definition) is 4. The maximum Gasteiger partial charge on any atom is 0.246 e. The number of anilines is 1. The maximum absolute atomic E-state index is 13.0. The SMILES string of the molecule is O=C(/C=C/c1cn(-c2ccccc2)nc1-c1cccnc1)N1CCN(c2cccc(Cl)c2)CC1. The number of rotatable bonds is 5. The van der Waals surface area contributed by atoms with Gasteiger partial charge in [0.25, 0.3) is 0 Å². The largest absolute Gasteiger partial charge is 0.368 e. The predicted molar refractivity (Wildman–Crippen MR) is 136 cm³/mol. The van der Waals surface area contributed by atoms with Crippen LogP contribution in [-0.4, -0.2) is 51.8 Å². The fourth-order valence-electron chi connectivity index (χ4n) is 4.07. The quantitative estimate of drug-likeness (QED) is 0.388. The Hall–Kier alpha value is -3.90. The van der Waals surface area contributed by atoms with Gasteiger partial charge in [-0.25, -0.2) is 4.68 Å². The molecular weight excluding hydrogens is 446 g/mol. The fourth-order valence-corrected chi connectivity index (χ4v) is 4.26. The molecule has 0 aliphatic carbocycles. The van der Waals surface area contributed by atoms with Crippen molar-refractivity contribution in [2.24, 2.45) is 0 Å². The summed E-state index contributed by atoms with van der Waals surface area (Å²) >= 11 is 6.13. The van der Waals surface area contributed by atoms with Gasteiger partial charge in [0.15, 0.2) is 0 Å². The number of para-hydroxylation sites is 1. The van der Waals surface area contributed by atoms with Crippen molar-refractivity contribution in [3.8, 4) is 16.9 Å². The number of halogens is 1. The molecule has 1 aliphatic rings. The van der Waals surface area contributed by atoms with Gasteiger partial charge in [-0.05, 0) is 48.5 Å². The van der Waals surface area contributed by atoms with Crippen LogP contribution in [0, 0.1) is 0 Å². The number of carbonyl (C=O) groups is 1. The number of nitrogens with zero attached hydrogens (tertiary/aromatic N) is 5. The van der Waals surface area contributed by atoms with Gasteiger partial charge in [-0.2, -0.15) is 5.10 Å². The molecule has 0 unspecified atom stereocenters. The standard InChI is InChI=1S/C27H24ClN5O/c28-23-7-4-10-25(18-23)31-14-16-32(17-15-31)26(34)12-11-22-20-33(24-8-2-1-3-9-24)30-27(22)21-6-5-13-29-19-21/h1-13,18-20H,14-17H2/b12-11+. The molecule has 170 valence electrons. The third-order valence-corrected chi connectivity index (χ3v) is 6.10. The van der Waals surface area contributed by atoms with Crippen molar-refractivity contribution in [1.29, 1.82) is 0 Å². The Morgan fingerprint density at radius 2 is 1.71 bits per heavy atom. The summed E-state index contributed by atoms with van der Waals surface area (Å²) in [4.78, 5) is 21.3. The van der Waals surface area contributed by atoms with Crippen molar-refractivity contribution in [2.45, 2.75) is 0 Å². The third kappa shape index (κ3) is 4.87. The van der Waals surface area contributed by atoms with Gasteiger partial charge >= 0.3 is 0 Å². The number of amides is 1. The van der Waals surface area contributed by atoms with Crippen molar-refractivity contribution < 1.29 is 4.79 Å². The highest BCUT2D eigenvalue weighted by molar-refractivity contribution is 6.30. The zero-order valence-electron chi connectivity index (χ0n) is 18.6. The van der Waals surface area contributed by atoms with Crippen LogP contribution < -0.4 is 4.90 Å². The van der Waals surface area contributed by atoms with Crippen LogP contribution in [0.3, 0.4) is 0 Å². The van der Waals surface area contributed by atoms with Crippen LogP contribution in [0.5, 0.6) is 0 Å². The van der Waals surface area contributed by atoms with Crippen LogP contribution in [0.25, 0.3) is 23.0 Å². The highest BCUT2D eigenvalue weighted by Gasteiger charge is 2.20. The van der Waals surface area contributed by atoms with Crippen molar-refractivity contribution in [2.75, 3.05) is 31.1 Å². The summed E-state index contributed by atoms with van der Waals surface area (Å²) in [7, 11) is 0. The van der Waals surface area contributed by atoms with Crippen LogP contribution in [-0.2, 0) is 4.79 Å². The Balaban J connectivity index is 1.32. The lowest BCUT2D eigenvalue weighted by Gasteiger charge is -2.35. The second-order valence-electron chi connectivity index (χ2n) is 8.08. The van der Waals surface area contributed by atoms with Gasteiger partial charge in [0.1, 0.15) is 5.69 Å². The van der Waals surface area contributed by atoms with Crippen molar-refractivity contribution >= 4 is 29.3 Å². The number of carbonyl (C=O) groups excluding carboxylic acids is 1. The average molecular weight is 470 g/mol. The van der Waals surface area contributed by atoms with Gasteiger partial charge in [-0.3, -0.25) is 9.78 Å². The molecule has 0 spiro atoms. The molecule has 2 aromatic carbocycles. The number of aromatic nitrogens is 3. The van der Waals surface area contributed by atoms with E-state index in [4.69, 9.17) is 16.7 Å². The highest BCUT2D eigenvalue weighted by Crippen LogP contribution is 2.25. The number of piperazine rings is 1. The Kier molecular flexibility index (Phi) is 6.40. The second-order valence-corrected chi connectivity index (χ2v) is 8.52. The molecule has 7 heteroatoms. The van der Waals surface area contributed by atoms with E-state index in [0.29, 0.717) is 13.1 Å². The zero-order valence-corrected chi connectivity index (χ0v) is 19.3. The van der Waals surface area contributed by atoms with E-state index in [2.05, 4.69) is 9.88 Å². The zero-order chi connectivity index (χ0) is 23.3. The van der Waals surface area contributed by atoms with E-state index in [1.165, 1.54) is 0 Å². The molecule has 0 N–H and O–H groups in total. The molecule has 1 fully saturated rings. The van der Waals surface area contributed by atoms with Gasteiger partial charge in [-0.15, -0.1) is 0 Å². The number of pyridine rings is 1. The molecule has 1 amide bonds. The van der Waals surface area contributed by atoms with Crippen LogP contribution >= 0.6 is 11.6 Å². The van der Waals surface area contributed by atoms with Crippen molar-refractivity contribution in [3.63, 3.8) is 0 Å². The molecule has 1 saturated heterocycles. The average Bonchev–Trinajstić information content (AvgIpc) is 3.33. The monoisotopic (exact) mass is 469 g/mol. The first-order valence-corrected chi connectivity index (χ1v) is 11.6. The molecule has 4 aromatic rings. The van der Waals surface area contributed by atoms with Crippen LogP contribution in [0.1, 0.15) is 5.56 Å². The van der Waals surface area contributed by atoms with Gasteiger partial charge in [0, 0.05) is 72.7 Å². The topological polar surface area (TPSA) is 54.3 Å². The summed E-state index contributed by atoms with van der Waals surface area (Å²) in [6, 6.07) is 21.6. The summed E-state index contributed by atoms with van der Waals surface area (Å²) in [6.45, 7) is 2.86. The lowest BCUT2D eigenvalue weighted by Crippen LogP contribution is -2.48. The normalized spacial score (nSPS) is 14.0. The van der Waals surface area contributed by atoms with E-state index in [1.54, 1.807) is 18.5 Å². The summed E-state index contributed by atoms with van der Waals surface area (Å²) in [5.41, 5.74) is 4.59. The van der Waals surface area contributed by atoms with Crippen LogP contribution in [0.15, 0.2) is 91.4 Å². The van der Waals surface area contributed by atoms with E-state index >= 15 is 0 Å². The molecule has 0 bridgehead atoms. The molecule has 0 radical (unpaired) electrons. The predicted octanol–water partition coefficient (Wildman–Crippen LogP) is 4.95. The lowest BCUT2D eigenvalue weighted by atomic mass is 10.1. The minimum atomic E-state index is -0.00431. The summed E-state index contributed by atoms with van der Waals surface area (Å²) in [5, 5.41) is 5.50. The summed E-state index contributed by atoms with van der Waals surface area (Å²) in [5.74, 6) is -0.00431. The third-order valence-electron chi connectivity index (χ3n) is 5.87. The Morgan fingerprint density at radius 1 is 0.912 bits per heavy atom. The molecule has 2 aromatic heterocycles. The number of hydrogen-bond donors (Lipinski definition) is 0.